The van der Waals surface area contributed by atoms with E-state index in [2.05, 4.69) is 20.4 Å². The molecule has 4 aromatic rings. The Morgan fingerprint density at radius 1 is 1.17 bits per heavy atom. The minimum absolute atomic E-state index is 0.0199. The maximum atomic E-state index is 13.7. The number of benzene rings is 2. The van der Waals surface area contributed by atoms with E-state index >= 15 is 0 Å². The molecule has 0 spiro atoms. The van der Waals surface area contributed by atoms with Gasteiger partial charge in [-0.25, -0.2) is 18.9 Å². The second-order valence-electron chi connectivity index (χ2n) is 6.33. The third kappa shape index (κ3) is 4.19. The van der Waals surface area contributed by atoms with Crippen molar-refractivity contribution in [1.29, 1.82) is 0 Å². The van der Waals surface area contributed by atoms with Crippen molar-refractivity contribution in [3.63, 3.8) is 0 Å². The molecule has 0 aliphatic heterocycles. The fourth-order valence-electron chi connectivity index (χ4n) is 2.77. The molecule has 7 nitrogen and oxygen atoms in total. The zero-order valence-electron chi connectivity index (χ0n) is 15.3. The highest BCUT2D eigenvalue weighted by atomic mass is 32.2. The molecule has 0 saturated heterocycles. The lowest BCUT2D eigenvalue weighted by Gasteiger charge is -2.09. The Morgan fingerprint density at radius 2 is 2.00 bits per heavy atom. The Hall–Kier alpha value is -3.46. The average Bonchev–Trinajstić information content (AvgIpc) is 3.08. The van der Waals surface area contributed by atoms with Crippen LogP contribution in [0.5, 0.6) is 0 Å². The molecule has 1 amide bonds. The van der Waals surface area contributed by atoms with Crippen molar-refractivity contribution in [2.45, 2.75) is 12.1 Å². The van der Waals surface area contributed by atoms with Crippen LogP contribution in [0.4, 0.5) is 10.1 Å². The van der Waals surface area contributed by atoms with Crippen LogP contribution >= 0.6 is 11.8 Å². The molecule has 29 heavy (non-hydrogen) atoms. The summed E-state index contributed by atoms with van der Waals surface area (Å²) in [6.07, 6.45) is 0. The topological polar surface area (TPSA) is 92.2 Å². The number of halogens is 1. The predicted octanol–water partition coefficient (Wildman–Crippen LogP) is 3.26. The van der Waals surface area contributed by atoms with Crippen LogP contribution in [0.15, 0.2) is 64.5 Å². The summed E-state index contributed by atoms with van der Waals surface area (Å²) in [4.78, 5) is 33.0. The van der Waals surface area contributed by atoms with E-state index in [1.165, 1.54) is 22.7 Å². The number of H-pyrrole nitrogens is 1. The van der Waals surface area contributed by atoms with E-state index in [-0.39, 0.29) is 17.0 Å². The summed E-state index contributed by atoms with van der Waals surface area (Å²) in [5.41, 5.74) is 2.05. The largest absolute Gasteiger partial charge is 0.323 e. The van der Waals surface area contributed by atoms with Gasteiger partial charge in [0.05, 0.1) is 11.4 Å². The fourth-order valence-corrected chi connectivity index (χ4v) is 3.52. The zero-order valence-corrected chi connectivity index (χ0v) is 16.2. The highest BCUT2D eigenvalue weighted by molar-refractivity contribution is 7.99. The molecule has 2 heterocycles. The minimum atomic E-state index is -0.508. The van der Waals surface area contributed by atoms with E-state index in [4.69, 9.17) is 0 Å². The van der Waals surface area contributed by atoms with E-state index in [0.29, 0.717) is 16.6 Å². The Bertz CT molecular complexity index is 1270. The normalized spacial score (nSPS) is 11.0. The zero-order chi connectivity index (χ0) is 20.4. The Kier molecular flexibility index (Phi) is 5.13. The predicted molar refractivity (Wildman–Crippen MR) is 110 cm³/mol. The number of carbonyl (C=O) groups excluding carboxylic acids is 1. The monoisotopic (exact) mass is 409 g/mol. The maximum absolute atomic E-state index is 13.7. The molecule has 9 heteroatoms. The molecule has 146 valence electrons. The van der Waals surface area contributed by atoms with Gasteiger partial charge in [0, 0.05) is 11.6 Å². The number of anilines is 1. The smallest absolute Gasteiger partial charge is 0.266 e. The van der Waals surface area contributed by atoms with Gasteiger partial charge in [-0.05, 0) is 25.1 Å². The van der Waals surface area contributed by atoms with Crippen LogP contribution in [0, 0.1) is 12.7 Å². The van der Waals surface area contributed by atoms with Crippen molar-refractivity contribution >= 4 is 29.0 Å². The summed E-state index contributed by atoms with van der Waals surface area (Å²) < 4.78 is 15.1. The molecule has 0 bridgehead atoms. The summed E-state index contributed by atoms with van der Waals surface area (Å²) in [5, 5.41) is 5.55. The molecule has 2 aromatic heterocycles. The molecule has 0 saturated carbocycles. The molecule has 0 atom stereocenters. The van der Waals surface area contributed by atoms with Gasteiger partial charge in [0.15, 0.2) is 16.6 Å². The number of nitrogens with one attached hydrogen (secondary N) is 2. The van der Waals surface area contributed by atoms with Crippen LogP contribution in [-0.4, -0.2) is 31.2 Å². The fraction of sp³-hybridized carbons (Fsp3) is 0.100. The molecule has 0 unspecified atom stereocenters. The van der Waals surface area contributed by atoms with Gasteiger partial charge in [0.25, 0.3) is 5.56 Å². The van der Waals surface area contributed by atoms with Gasteiger partial charge in [-0.2, -0.15) is 0 Å². The SMILES string of the molecule is Cc1cccc(-c2nc(SCC(=O)Nc3ccccc3F)n3[nH]c(=O)cc3n2)c1. The van der Waals surface area contributed by atoms with Gasteiger partial charge in [-0.1, -0.05) is 47.7 Å². The second-order valence-corrected chi connectivity index (χ2v) is 7.27. The molecule has 0 fully saturated rings. The van der Waals surface area contributed by atoms with Crippen molar-refractivity contribution in [1.82, 2.24) is 19.6 Å². The van der Waals surface area contributed by atoms with Crippen molar-refractivity contribution in [2.24, 2.45) is 0 Å². The molecular weight excluding hydrogens is 393 g/mol. The third-order valence-electron chi connectivity index (χ3n) is 4.08. The van der Waals surface area contributed by atoms with Gasteiger partial charge < -0.3 is 5.32 Å². The Morgan fingerprint density at radius 3 is 2.79 bits per heavy atom. The van der Waals surface area contributed by atoms with E-state index in [1.54, 1.807) is 12.1 Å². The van der Waals surface area contributed by atoms with Gasteiger partial charge in [-0.15, -0.1) is 0 Å². The van der Waals surface area contributed by atoms with Gasteiger partial charge >= 0.3 is 0 Å². The molecule has 2 N–H and O–H groups in total. The van der Waals surface area contributed by atoms with E-state index in [0.717, 1.165) is 22.9 Å². The first-order chi connectivity index (χ1) is 14.0. The van der Waals surface area contributed by atoms with E-state index in [1.807, 2.05) is 31.2 Å². The number of rotatable bonds is 5. The summed E-state index contributed by atoms with van der Waals surface area (Å²) in [6, 6.07) is 15.0. The van der Waals surface area contributed by atoms with Gasteiger partial charge in [0.2, 0.25) is 5.91 Å². The first-order valence-corrected chi connectivity index (χ1v) is 9.72. The van der Waals surface area contributed by atoms with Gasteiger partial charge in [-0.3, -0.25) is 14.7 Å². The van der Waals surface area contributed by atoms with Crippen molar-refractivity contribution < 1.29 is 9.18 Å². The maximum Gasteiger partial charge on any atom is 0.266 e. The first-order valence-electron chi connectivity index (χ1n) is 8.73. The van der Waals surface area contributed by atoms with Crippen LogP contribution in [0.1, 0.15) is 5.56 Å². The lowest BCUT2D eigenvalue weighted by molar-refractivity contribution is -0.113. The number of thioether (sulfide) groups is 1. The number of carbonyl (C=O) groups is 1. The number of hydrogen-bond acceptors (Lipinski definition) is 5. The molecule has 0 radical (unpaired) electrons. The number of para-hydroxylation sites is 1. The Labute approximate surface area is 169 Å². The van der Waals surface area contributed by atoms with Gasteiger partial charge in [0.1, 0.15) is 5.82 Å². The number of hydrogen-bond donors (Lipinski definition) is 2. The summed E-state index contributed by atoms with van der Waals surface area (Å²) >= 11 is 1.12. The van der Waals surface area contributed by atoms with Crippen molar-refractivity contribution in [3.05, 3.63) is 76.3 Å². The highest BCUT2D eigenvalue weighted by Crippen LogP contribution is 2.22. The van der Waals surface area contributed by atoms with Crippen LogP contribution < -0.4 is 10.9 Å². The molecule has 0 aliphatic carbocycles. The quantitative estimate of drug-likeness (QED) is 0.494. The highest BCUT2D eigenvalue weighted by Gasteiger charge is 2.14. The molecule has 4 rings (SSSR count). The molecule has 2 aromatic carbocycles. The lowest BCUT2D eigenvalue weighted by atomic mass is 10.1. The Balaban J connectivity index is 1.61. The van der Waals surface area contributed by atoms with E-state index < -0.39 is 11.7 Å². The first kappa shape index (κ1) is 18.9. The third-order valence-corrected chi connectivity index (χ3v) is 5.02. The second kappa shape index (κ2) is 7.88. The van der Waals surface area contributed by atoms with Crippen LogP contribution in [0.2, 0.25) is 0 Å². The lowest BCUT2D eigenvalue weighted by Crippen LogP contribution is -2.16. The number of aromatic amines is 1. The standard InChI is InChI=1S/C20H16FN5O2S/c1-12-5-4-6-13(9-12)19-23-16-10-17(27)25-26(16)20(24-19)29-11-18(28)22-15-8-3-2-7-14(15)21/h2-10H,11H2,1H3,(H,22,28)(H,25,27). The van der Waals surface area contributed by atoms with E-state index in [9.17, 15) is 14.0 Å². The van der Waals surface area contributed by atoms with Crippen molar-refractivity contribution in [3.8, 4) is 11.4 Å². The van der Waals surface area contributed by atoms with Crippen LogP contribution in [0.3, 0.4) is 0 Å². The van der Waals surface area contributed by atoms with Crippen LogP contribution in [0.25, 0.3) is 17.0 Å². The number of amides is 1. The van der Waals surface area contributed by atoms with Crippen LogP contribution in [-0.2, 0) is 4.79 Å². The number of fused-ring (bicyclic) bond motifs is 1. The summed E-state index contributed by atoms with van der Waals surface area (Å²) in [5.74, 6) is -0.469. The summed E-state index contributed by atoms with van der Waals surface area (Å²) in [6.45, 7) is 1.96. The number of aromatic nitrogens is 4. The molecule has 0 aliphatic rings. The molecular formula is C20H16FN5O2S. The minimum Gasteiger partial charge on any atom is -0.323 e. The average molecular weight is 409 g/mol. The number of nitrogens with zero attached hydrogens (tertiary/aromatic N) is 3. The summed E-state index contributed by atoms with van der Waals surface area (Å²) in [7, 11) is 0. The van der Waals surface area contributed by atoms with Crippen molar-refractivity contribution in [2.75, 3.05) is 11.1 Å². The number of aryl methyl sites for hydroxylation is 1.